The van der Waals surface area contributed by atoms with Crippen LogP contribution in [0.15, 0.2) is 42.5 Å². The lowest BCUT2D eigenvalue weighted by Gasteiger charge is -2.18. The van der Waals surface area contributed by atoms with Crippen molar-refractivity contribution in [2.24, 2.45) is 5.73 Å². The lowest BCUT2D eigenvalue weighted by molar-refractivity contribution is -0.120. The first-order valence-corrected chi connectivity index (χ1v) is 8.20. The third-order valence-electron chi connectivity index (χ3n) is 3.62. The van der Waals surface area contributed by atoms with Crippen LogP contribution in [0, 0.1) is 5.82 Å². The molecule has 0 heterocycles. The van der Waals surface area contributed by atoms with Crippen molar-refractivity contribution in [1.29, 1.82) is 0 Å². The summed E-state index contributed by atoms with van der Waals surface area (Å²) in [7, 11) is 2.84. The number of methoxy groups -OCH3 is 1. The molecule has 148 valence electrons. The number of amides is 3. The van der Waals surface area contributed by atoms with Gasteiger partial charge in [0.1, 0.15) is 5.82 Å². The summed E-state index contributed by atoms with van der Waals surface area (Å²) in [6.07, 6.45) is 0. The first-order chi connectivity index (χ1) is 13.3. The maximum Gasteiger partial charge on any atom is 0.255 e. The van der Waals surface area contributed by atoms with Crippen molar-refractivity contribution in [3.8, 4) is 11.5 Å². The molecule has 9 heteroatoms. The molecule has 0 aliphatic heterocycles. The highest BCUT2D eigenvalue weighted by Gasteiger charge is 2.18. The Hall–Kier alpha value is -3.62. The SMILES string of the molecule is COc1cc(C(=O)N(C)CC(=O)Nc2cccc(F)c2)ccc1OCC(N)=O. The molecule has 0 fully saturated rings. The Balaban J connectivity index is 2.03. The maximum absolute atomic E-state index is 13.2. The molecule has 28 heavy (non-hydrogen) atoms. The lowest BCUT2D eigenvalue weighted by atomic mass is 10.1. The summed E-state index contributed by atoms with van der Waals surface area (Å²) in [5.74, 6) is -1.54. The molecule has 0 atom stereocenters. The summed E-state index contributed by atoms with van der Waals surface area (Å²) in [5.41, 5.74) is 5.58. The molecule has 2 rings (SSSR count). The van der Waals surface area contributed by atoms with Crippen molar-refractivity contribution in [1.82, 2.24) is 4.90 Å². The Bertz CT molecular complexity index is 888. The zero-order chi connectivity index (χ0) is 20.7. The average Bonchev–Trinajstić information content (AvgIpc) is 2.65. The fraction of sp³-hybridized carbons (Fsp3) is 0.211. The van der Waals surface area contributed by atoms with E-state index in [1.165, 1.54) is 55.5 Å². The second-order valence-electron chi connectivity index (χ2n) is 5.84. The highest BCUT2D eigenvalue weighted by molar-refractivity contribution is 5.99. The number of primary amides is 1. The van der Waals surface area contributed by atoms with Crippen LogP contribution in [-0.4, -0.2) is 49.9 Å². The summed E-state index contributed by atoms with van der Waals surface area (Å²) in [4.78, 5) is 36.7. The minimum Gasteiger partial charge on any atom is -0.493 e. The van der Waals surface area contributed by atoms with Crippen LogP contribution in [0.4, 0.5) is 10.1 Å². The third kappa shape index (κ3) is 5.70. The minimum atomic E-state index is -0.647. The smallest absolute Gasteiger partial charge is 0.255 e. The largest absolute Gasteiger partial charge is 0.493 e. The van der Waals surface area contributed by atoms with Crippen molar-refractivity contribution in [3.63, 3.8) is 0 Å². The molecule has 2 aromatic rings. The molecule has 0 aliphatic rings. The summed E-state index contributed by atoms with van der Waals surface area (Å²) >= 11 is 0. The summed E-state index contributed by atoms with van der Waals surface area (Å²) in [6, 6.07) is 9.81. The van der Waals surface area contributed by atoms with E-state index in [2.05, 4.69) is 5.32 Å². The van der Waals surface area contributed by atoms with Gasteiger partial charge in [-0.3, -0.25) is 14.4 Å². The van der Waals surface area contributed by atoms with Crippen LogP contribution in [-0.2, 0) is 9.59 Å². The maximum atomic E-state index is 13.2. The number of hydrogen-bond donors (Lipinski definition) is 2. The number of nitrogens with two attached hydrogens (primary N) is 1. The van der Waals surface area contributed by atoms with Gasteiger partial charge in [-0.2, -0.15) is 0 Å². The first kappa shape index (κ1) is 20.7. The molecule has 0 unspecified atom stereocenters. The number of benzene rings is 2. The number of ether oxygens (including phenoxy) is 2. The molecule has 0 radical (unpaired) electrons. The van der Waals surface area contributed by atoms with Crippen LogP contribution >= 0.6 is 0 Å². The highest BCUT2D eigenvalue weighted by atomic mass is 19.1. The normalized spacial score (nSPS) is 10.1. The zero-order valence-electron chi connectivity index (χ0n) is 15.4. The predicted molar refractivity (Wildman–Crippen MR) is 99.7 cm³/mol. The molecular weight excluding hydrogens is 369 g/mol. The van der Waals surface area contributed by atoms with Gasteiger partial charge in [0.05, 0.1) is 13.7 Å². The summed E-state index contributed by atoms with van der Waals surface area (Å²) in [6.45, 7) is -0.568. The summed E-state index contributed by atoms with van der Waals surface area (Å²) < 4.78 is 23.5. The number of rotatable bonds is 8. The molecule has 0 aromatic heterocycles. The van der Waals surface area contributed by atoms with Crippen LogP contribution in [0.2, 0.25) is 0 Å². The number of carbonyl (C=O) groups excluding carboxylic acids is 3. The number of nitrogens with zero attached hydrogens (tertiary/aromatic N) is 1. The quantitative estimate of drug-likeness (QED) is 0.709. The monoisotopic (exact) mass is 389 g/mol. The Morgan fingerprint density at radius 2 is 1.89 bits per heavy atom. The molecule has 0 saturated carbocycles. The molecule has 3 amide bonds. The fourth-order valence-corrected chi connectivity index (χ4v) is 2.34. The van der Waals surface area contributed by atoms with Crippen LogP contribution < -0.4 is 20.5 Å². The van der Waals surface area contributed by atoms with E-state index in [-0.39, 0.29) is 30.2 Å². The predicted octanol–water partition coefficient (Wildman–Crippen LogP) is 1.41. The highest BCUT2D eigenvalue weighted by Crippen LogP contribution is 2.28. The van der Waals surface area contributed by atoms with E-state index in [9.17, 15) is 18.8 Å². The van der Waals surface area contributed by atoms with Gasteiger partial charge in [0.25, 0.3) is 11.8 Å². The van der Waals surface area contributed by atoms with Crippen molar-refractivity contribution in [3.05, 3.63) is 53.8 Å². The molecule has 0 spiro atoms. The summed E-state index contributed by atoms with van der Waals surface area (Å²) in [5, 5.41) is 2.52. The fourth-order valence-electron chi connectivity index (χ4n) is 2.34. The Morgan fingerprint density at radius 3 is 2.54 bits per heavy atom. The third-order valence-corrected chi connectivity index (χ3v) is 3.62. The van der Waals surface area contributed by atoms with Gasteiger partial charge in [-0.25, -0.2) is 4.39 Å². The molecule has 3 N–H and O–H groups in total. The van der Waals surface area contributed by atoms with E-state index < -0.39 is 23.5 Å². The van der Waals surface area contributed by atoms with Crippen molar-refractivity contribution >= 4 is 23.4 Å². The van der Waals surface area contributed by atoms with Gasteiger partial charge in [0.15, 0.2) is 18.1 Å². The van der Waals surface area contributed by atoms with Crippen molar-refractivity contribution < 1.29 is 28.2 Å². The minimum absolute atomic E-state index is 0.239. The molecule has 0 aliphatic carbocycles. The second kappa shape index (κ2) is 9.36. The van der Waals surface area contributed by atoms with Crippen LogP contribution in [0.1, 0.15) is 10.4 Å². The lowest BCUT2D eigenvalue weighted by Crippen LogP contribution is -2.35. The second-order valence-corrected chi connectivity index (χ2v) is 5.84. The number of carbonyl (C=O) groups is 3. The Kier molecular flexibility index (Phi) is 6.91. The number of anilines is 1. The first-order valence-electron chi connectivity index (χ1n) is 8.20. The number of likely N-dealkylation sites (N-methyl/N-ethyl adjacent to an activating group) is 1. The van der Waals surface area contributed by atoms with E-state index in [1.54, 1.807) is 6.07 Å². The number of nitrogens with one attached hydrogen (secondary N) is 1. The Labute approximate surface area is 161 Å². The van der Waals surface area contributed by atoms with Gasteiger partial charge in [-0.1, -0.05) is 6.07 Å². The molecule has 0 bridgehead atoms. The average molecular weight is 389 g/mol. The Morgan fingerprint density at radius 1 is 1.14 bits per heavy atom. The van der Waals surface area contributed by atoms with E-state index in [0.717, 1.165) is 0 Å². The van der Waals surface area contributed by atoms with Gasteiger partial charge >= 0.3 is 0 Å². The topological polar surface area (TPSA) is 111 Å². The number of halogens is 1. The van der Waals surface area contributed by atoms with E-state index in [1.807, 2.05) is 0 Å². The van der Waals surface area contributed by atoms with Gasteiger partial charge in [0, 0.05) is 18.3 Å². The molecular formula is C19H20FN3O5. The molecule has 0 saturated heterocycles. The standard InChI is InChI=1S/C19H20FN3O5/c1-23(10-18(25)22-14-5-3-4-13(20)9-14)19(26)12-6-7-15(16(8-12)27-2)28-11-17(21)24/h3-9H,10-11H2,1-2H3,(H2,21,24)(H,22,25). The molecule has 2 aromatic carbocycles. The van der Waals surface area contributed by atoms with Gasteiger partial charge < -0.3 is 25.4 Å². The van der Waals surface area contributed by atoms with Gasteiger partial charge in [-0.15, -0.1) is 0 Å². The van der Waals surface area contributed by atoms with E-state index in [4.69, 9.17) is 15.2 Å². The van der Waals surface area contributed by atoms with Crippen LogP contribution in [0.25, 0.3) is 0 Å². The number of hydrogen-bond acceptors (Lipinski definition) is 5. The molecule has 8 nitrogen and oxygen atoms in total. The van der Waals surface area contributed by atoms with Crippen molar-refractivity contribution in [2.45, 2.75) is 0 Å². The van der Waals surface area contributed by atoms with E-state index >= 15 is 0 Å². The van der Waals surface area contributed by atoms with Crippen LogP contribution in [0.5, 0.6) is 11.5 Å². The zero-order valence-corrected chi connectivity index (χ0v) is 15.4. The van der Waals surface area contributed by atoms with Crippen molar-refractivity contribution in [2.75, 3.05) is 32.6 Å². The van der Waals surface area contributed by atoms with Gasteiger partial charge in [0.2, 0.25) is 5.91 Å². The van der Waals surface area contributed by atoms with E-state index in [0.29, 0.717) is 5.69 Å². The van der Waals surface area contributed by atoms with Crippen LogP contribution in [0.3, 0.4) is 0 Å². The van der Waals surface area contributed by atoms with Gasteiger partial charge in [-0.05, 0) is 36.4 Å².